The molecule has 1 N–H and O–H groups in total. The topological polar surface area (TPSA) is 15.3 Å². The molecule has 0 fully saturated rings. The second-order valence-electron chi connectivity index (χ2n) is 6.59. The molecule has 0 spiro atoms. The monoisotopic (exact) mass is 330 g/mol. The number of rotatable bonds is 3. The summed E-state index contributed by atoms with van der Waals surface area (Å²) in [4.78, 5) is 0. The molecule has 19 heavy (non-hydrogen) atoms. The maximum atomic E-state index is 6.18. The van der Waals surface area contributed by atoms with E-state index >= 15 is 0 Å². The third kappa shape index (κ3) is 4.59. The summed E-state index contributed by atoms with van der Waals surface area (Å²) in [6.45, 7) is 14.0. The molecule has 1 aromatic rings. The first kappa shape index (κ1) is 16.7. The second kappa shape index (κ2) is 5.95. The molecule has 0 aliphatic carbocycles. The average molecular weight is 331 g/mol. The number of para-hydroxylation sites is 1. The predicted octanol–water partition coefficient (Wildman–Crippen LogP) is 5.01. The van der Waals surface area contributed by atoms with Crippen LogP contribution in [-0.4, -0.2) is 25.8 Å². The van der Waals surface area contributed by atoms with E-state index in [1.54, 1.807) is 0 Å². The van der Waals surface area contributed by atoms with Gasteiger partial charge in [-0.25, -0.2) is 0 Å². The SMILES string of the molecule is C[Si](C)(C)N(C(=S)Nc1ccccc1Cl)[Si](C)(C)C. The lowest BCUT2D eigenvalue weighted by Gasteiger charge is -2.45. The maximum absolute atomic E-state index is 6.18. The Morgan fingerprint density at radius 2 is 1.53 bits per heavy atom. The molecule has 106 valence electrons. The van der Waals surface area contributed by atoms with Gasteiger partial charge in [-0.3, -0.25) is 0 Å². The molecule has 0 aromatic heterocycles. The summed E-state index contributed by atoms with van der Waals surface area (Å²) in [6.07, 6.45) is 0. The van der Waals surface area contributed by atoms with E-state index in [0.29, 0.717) is 5.02 Å². The molecule has 1 aromatic carbocycles. The molecule has 1 rings (SSSR count). The smallest absolute Gasteiger partial charge is 0.157 e. The molecule has 0 saturated carbocycles. The molecule has 2 nitrogen and oxygen atoms in total. The molecule has 0 saturated heterocycles. The number of thiocarbonyl (C=S) groups is 1. The summed E-state index contributed by atoms with van der Waals surface area (Å²) < 4.78 is 2.47. The van der Waals surface area contributed by atoms with Crippen molar-refractivity contribution in [2.24, 2.45) is 0 Å². The van der Waals surface area contributed by atoms with Crippen LogP contribution in [0.2, 0.25) is 44.3 Å². The van der Waals surface area contributed by atoms with Gasteiger partial charge in [-0.1, -0.05) is 63.0 Å². The first-order chi connectivity index (χ1) is 8.53. The van der Waals surface area contributed by atoms with Gasteiger partial charge in [0.2, 0.25) is 0 Å². The summed E-state index contributed by atoms with van der Waals surface area (Å²) in [5.74, 6) is 0. The van der Waals surface area contributed by atoms with Crippen molar-refractivity contribution in [3.63, 3.8) is 0 Å². The largest absolute Gasteiger partial charge is 0.402 e. The Kier molecular flexibility index (Phi) is 5.23. The van der Waals surface area contributed by atoms with E-state index in [1.165, 1.54) is 0 Å². The van der Waals surface area contributed by atoms with E-state index < -0.39 is 16.5 Å². The van der Waals surface area contributed by atoms with Crippen LogP contribution in [0.3, 0.4) is 0 Å². The molecule has 0 bridgehead atoms. The van der Waals surface area contributed by atoms with E-state index in [0.717, 1.165) is 10.8 Å². The van der Waals surface area contributed by atoms with Gasteiger partial charge in [0.05, 0.1) is 10.7 Å². The minimum atomic E-state index is -1.51. The molecular weight excluding hydrogens is 308 g/mol. The van der Waals surface area contributed by atoms with Gasteiger partial charge < -0.3 is 9.55 Å². The lowest BCUT2D eigenvalue weighted by molar-refractivity contribution is 0.915. The van der Waals surface area contributed by atoms with E-state index in [4.69, 9.17) is 23.8 Å². The number of benzene rings is 1. The van der Waals surface area contributed by atoms with Crippen LogP contribution in [0.4, 0.5) is 5.69 Å². The normalized spacial score (nSPS) is 12.2. The molecule has 0 heterocycles. The number of hydrogen-bond donors (Lipinski definition) is 1. The van der Waals surface area contributed by atoms with Gasteiger partial charge in [0.1, 0.15) is 16.5 Å². The lowest BCUT2D eigenvalue weighted by Crippen LogP contribution is -2.62. The molecular formula is C13H23ClN2SSi2. The van der Waals surface area contributed by atoms with Crippen LogP contribution >= 0.6 is 23.8 Å². The van der Waals surface area contributed by atoms with Crippen molar-refractivity contribution in [3.8, 4) is 0 Å². The quantitative estimate of drug-likeness (QED) is 0.619. The van der Waals surface area contributed by atoms with Gasteiger partial charge in [0.25, 0.3) is 0 Å². The summed E-state index contributed by atoms with van der Waals surface area (Å²) in [6, 6.07) is 7.72. The zero-order valence-electron chi connectivity index (χ0n) is 12.5. The number of hydrogen-bond acceptors (Lipinski definition) is 1. The van der Waals surface area contributed by atoms with Crippen LogP contribution in [0.1, 0.15) is 0 Å². The first-order valence-electron chi connectivity index (χ1n) is 6.39. The fourth-order valence-corrected chi connectivity index (χ4v) is 13.7. The van der Waals surface area contributed by atoms with Crippen LogP contribution in [0.25, 0.3) is 0 Å². The molecule has 0 radical (unpaired) electrons. The van der Waals surface area contributed by atoms with E-state index in [-0.39, 0.29) is 0 Å². The van der Waals surface area contributed by atoms with Crippen molar-refractivity contribution in [2.75, 3.05) is 5.32 Å². The molecule has 0 atom stereocenters. The van der Waals surface area contributed by atoms with Gasteiger partial charge in [0, 0.05) is 0 Å². The Bertz CT molecular complexity index is 452. The van der Waals surface area contributed by atoms with Gasteiger partial charge in [0.15, 0.2) is 5.11 Å². The van der Waals surface area contributed by atoms with Crippen LogP contribution in [0.5, 0.6) is 0 Å². The fourth-order valence-electron chi connectivity index (χ4n) is 2.35. The predicted molar refractivity (Wildman–Crippen MR) is 96.2 cm³/mol. The highest BCUT2D eigenvalue weighted by Gasteiger charge is 2.36. The number of nitrogens with zero attached hydrogens (tertiary/aromatic N) is 1. The first-order valence-corrected chi connectivity index (χ1v) is 14.1. The average Bonchev–Trinajstić information content (AvgIpc) is 2.16. The molecule has 0 aliphatic rings. The van der Waals surface area contributed by atoms with Gasteiger partial charge in [-0.05, 0) is 24.4 Å². The third-order valence-corrected chi connectivity index (χ3v) is 10.8. The van der Waals surface area contributed by atoms with Crippen LogP contribution in [0, 0.1) is 0 Å². The van der Waals surface area contributed by atoms with E-state index in [2.05, 4.69) is 48.8 Å². The summed E-state index contributed by atoms with van der Waals surface area (Å²) >= 11 is 11.8. The van der Waals surface area contributed by atoms with Crippen molar-refractivity contribution in [3.05, 3.63) is 29.3 Å². The number of anilines is 1. The summed E-state index contributed by atoms with van der Waals surface area (Å²) in [5.41, 5.74) is 0.885. The van der Waals surface area contributed by atoms with Crippen molar-refractivity contribution in [2.45, 2.75) is 39.3 Å². The van der Waals surface area contributed by atoms with E-state index in [9.17, 15) is 0 Å². The van der Waals surface area contributed by atoms with Crippen LogP contribution in [-0.2, 0) is 0 Å². The highest BCUT2D eigenvalue weighted by Crippen LogP contribution is 2.25. The lowest BCUT2D eigenvalue weighted by atomic mass is 10.3. The summed E-state index contributed by atoms with van der Waals surface area (Å²) in [5, 5.41) is 4.83. The van der Waals surface area contributed by atoms with Crippen molar-refractivity contribution in [1.82, 2.24) is 4.23 Å². The third-order valence-electron chi connectivity index (χ3n) is 2.66. The van der Waals surface area contributed by atoms with Gasteiger partial charge in [-0.2, -0.15) is 0 Å². The van der Waals surface area contributed by atoms with Crippen molar-refractivity contribution >= 4 is 51.1 Å². The van der Waals surface area contributed by atoms with Crippen LogP contribution in [0.15, 0.2) is 24.3 Å². The Morgan fingerprint density at radius 3 is 1.95 bits per heavy atom. The highest BCUT2D eigenvalue weighted by atomic mass is 35.5. The molecule has 6 heteroatoms. The molecule has 0 aliphatic heterocycles. The Labute approximate surface area is 129 Å². The van der Waals surface area contributed by atoms with Crippen LogP contribution < -0.4 is 5.32 Å². The zero-order valence-corrected chi connectivity index (χ0v) is 16.1. The highest BCUT2D eigenvalue weighted by molar-refractivity contribution is 7.80. The van der Waals surface area contributed by atoms with Crippen molar-refractivity contribution in [1.29, 1.82) is 0 Å². The van der Waals surface area contributed by atoms with E-state index in [1.807, 2.05) is 24.3 Å². The minimum Gasteiger partial charge on any atom is -0.402 e. The Morgan fingerprint density at radius 1 is 1.05 bits per heavy atom. The fraction of sp³-hybridized carbons (Fsp3) is 0.462. The Hall–Kier alpha value is -0.366. The minimum absolute atomic E-state index is 0.705. The maximum Gasteiger partial charge on any atom is 0.157 e. The molecule has 0 unspecified atom stereocenters. The molecule has 0 amide bonds. The van der Waals surface area contributed by atoms with Crippen molar-refractivity contribution < 1.29 is 0 Å². The zero-order chi connectivity index (χ0) is 14.8. The van der Waals surface area contributed by atoms with Gasteiger partial charge in [-0.15, -0.1) is 0 Å². The number of halogens is 1. The Balaban J connectivity index is 3.01. The van der Waals surface area contributed by atoms with Gasteiger partial charge >= 0.3 is 0 Å². The summed E-state index contributed by atoms with van der Waals surface area (Å²) in [7, 11) is -3.02. The number of nitrogens with one attached hydrogen (secondary N) is 1. The second-order valence-corrected chi connectivity index (χ2v) is 17.4. The standard InChI is InChI=1S/C13H23ClN2SSi2/c1-18(2,3)16(19(4,5)6)13(17)15-12-10-8-7-9-11(12)14/h7-10H,1-6H3,(H,15,17).